The molecular weight excluding hydrogens is 362 g/mol. The van der Waals surface area contributed by atoms with Crippen molar-refractivity contribution in [3.05, 3.63) is 51.5 Å². The molecule has 0 aliphatic rings. The second-order valence-electron chi connectivity index (χ2n) is 5.34. The molecule has 2 N–H and O–H groups in total. The van der Waals surface area contributed by atoms with Gasteiger partial charge in [0, 0.05) is 18.2 Å². The Balaban J connectivity index is 2.13. The highest BCUT2D eigenvalue weighted by Crippen LogP contribution is 2.30. The number of benzene rings is 2. The molecule has 0 heterocycles. The number of nitro benzene ring substituents is 1. The Hall–Kier alpha value is -3.00. The number of carbonyl (C=O) groups excluding carboxylic acids is 1. The van der Waals surface area contributed by atoms with Gasteiger partial charge in [0.2, 0.25) is 5.91 Å². The van der Waals surface area contributed by atoms with Crippen LogP contribution in [0.15, 0.2) is 36.4 Å². The summed E-state index contributed by atoms with van der Waals surface area (Å²) in [5.41, 5.74) is 0.601. The summed E-state index contributed by atoms with van der Waals surface area (Å²) in [5.74, 6) is 0.718. The largest absolute Gasteiger partial charge is 0.497 e. The molecule has 9 heteroatoms. The van der Waals surface area contributed by atoms with E-state index >= 15 is 0 Å². The van der Waals surface area contributed by atoms with E-state index in [1.807, 2.05) is 0 Å². The van der Waals surface area contributed by atoms with Crippen molar-refractivity contribution in [2.75, 3.05) is 24.9 Å². The van der Waals surface area contributed by atoms with E-state index in [0.717, 1.165) is 0 Å². The van der Waals surface area contributed by atoms with E-state index in [2.05, 4.69) is 10.6 Å². The lowest BCUT2D eigenvalue weighted by Crippen LogP contribution is -2.32. The van der Waals surface area contributed by atoms with Gasteiger partial charge < -0.3 is 20.1 Å². The Bertz CT molecular complexity index is 828. The number of non-ortho nitro benzene ring substituents is 1. The van der Waals surface area contributed by atoms with Gasteiger partial charge in [0.15, 0.2) is 0 Å². The molecule has 26 heavy (non-hydrogen) atoms. The van der Waals surface area contributed by atoms with Crippen LogP contribution in [0, 0.1) is 10.1 Å². The summed E-state index contributed by atoms with van der Waals surface area (Å²) in [4.78, 5) is 22.7. The van der Waals surface area contributed by atoms with Gasteiger partial charge in [-0.2, -0.15) is 0 Å². The zero-order valence-corrected chi connectivity index (χ0v) is 15.2. The predicted molar refractivity (Wildman–Crippen MR) is 99.4 cm³/mol. The van der Waals surface area contributed by atoms with Crippen molar-refractivity contribution >= 4 is 34.6 Å². The molecule has 1 unspecified atom stereocenters. The maximum Gasteiger partial charge on any atom is 0.271 e. The topological polar surface area (TPSA) is 103 Å². The van der Waals surface area contributed by atoms with Crippen molar-refractivity contribution < 1.29 is 19.2 Å². The first-order chi connectivity index (χ1) is 12.3. The summed E-state index contributed by atoms with van der Waals surface area (Å²) in [6, 6.07) is 8.31. The average Bonchev–Trinajstić information content (AvgIpc) is 2.63. The molecule has 0 saturated carbocycles. The maximum absolute atomic E-state index is 12.4. The molecule has 138 valence electrons. The van der Waals surface area contributed by atoms with Gasteiger partial charge in [-0.1, -0.05) is 11.6 Å². The number of amides is 1. The third-order valence-electron chi connectivity index (χ3n) is 3.59. The molecule has 0 fully saturated rings. The highest BCUT2D eigenvalue weighted by Gasteiger charge is 2.18. The SMILES string of the molecule is COc1ccc(NC(C)C(=O)Nc2cc([N+](=O)[O-])ccc2Cl)c(OC)c1. The lowest BCUT2D eigenvalue weighted by atomic mass is 10.2. The van der Waals surface area contributed by atoms with Gasteiger partial charge in [-0.05, 0) is 25.1 Å². The van der Waals surface area contributed by atoms with Crippen LogP contribution in [0.3, 0.4) is 0 Å². The quantitative estimate of drug-likeness (QED) is 0.561. The Kier molecular flexibility index (Phi) is 6.24. The van der Waals surface area contributed by atoms with Crippen LogP contribution < -0.4 is 20.1 Å². The van der Waals surface area contributed by atoms with E-state index < -0.39 is 16.9 Å². The van der Waals surface area contributed by atoms with E-state index in [9.17, 15) is 14.9 Å². The molecule has 0 aliphatic carbocycles. The third kappa shape index (κ3) is 4.54. The Morgan fingerprint density at radius 2 is 1.88 bits per heavy atom. The summed E-state index contributed by atoms with van der Waals surface area (Å²) in [6.07, 6.45) is 0. The number of nitrogens with zero attached hydrogens (tertiary/aromatic N) is 1. The van der Waals surface area contributed by atoms with Gasteiger partial charge in [-0.15, -0.1) is 0 Å². The summed E-state index contributed by atoms with van der Waals surface area (Å²) >= 11 is 6.00. The maximum atomic E-state index is 12.4. The molecule has 0 bridgehead atoms. The number of nitro groups is 1. The van der Waals surface area contributed by atoms with Gasteiger partial charge in [0.05, 0.1) is 35.5 Å². The molecule has 0 aromatic heterocycles. The summed E-state index contributed by atoms with van der Waals surface area (Å²) in [6.45, 7) is 1.64. The van der Waals surface area contributed by atoms with E-state index in [1.165, 1.54) is 25.3 Å². The molecule has 0 aliphatic heterocycles. The lowest BCUT2D eigenvalue weighted by molar-refractivity contribution is -0.384. The van der Waals surface area contributed by atoms with Crippen molar-refractivity contribution in [3.8, 4) is 11.5 Å². The number of methoxy groups -OCH3 is 2. The first-order valence-corrected chi connectivity index (χ1v) is 7.97. The molecule has 2 aromatic rings. The van der Waals surface area contributed by atoms with Crippen LogP contribution >= 0.6 is 11.6 Å². The number of halogens is 1. The zero-order valence-electron chi connectivity index (χ0n) is 14.4. The van der Waals surface area contributed by atoms with Crippen molar-refractivity contribution in [2.45, 2.75) is 13.0 Å². The van der Waals surface area contributed by atoms with Gasteiger partial charge in [-0.25, -0.2) is 0 Å². The first kappa shape index (κ1) is 19.3. The fourth-order valence-corrected chi connectivity index (χ4v) is 2.34. The second-order valence-corrected chi connectivity index (χ2v) is 5.75. The fraction of sp³-hybridized carbons (Fsp3) is 0.235. The minimum atomic E-state index is -0.660. The number of ether oxygens (including phenoxy) is 2. The molecule has 2 rings (SSSR count). The van der Waals surface area contributed by atoms with Crippen LogP contribution in [0.25, 0.3) is 0 Å². The van der Waals surface area contributed by atoms with E-state index in [0.29, 0.717) is 17.2 Å². The summed E-state index contributed by atoms with van der Waals surface area (Å²) in [7, 11) is 3.05. The van der Waals surface area contributed by atoms with Crippen LogP contribution in [0.1, 0.15) is 6.92 Å². The summed E-state index contributed by atoms with van der Waals surface area (Å²) in [5, 5.41) is 16.7. The predicted octanol–water partition coefficient (Wildman–Crippen LogP) is 3.70. The van der Waals surface area contributed by atoms with E-state index in [4.69, 9.17) is 21.1 Å². The van der Waals surface area contributed by atoms with Crippen molar-refractivity contribution in [1.29, 1.82) is 0 Å². The number of rotatable bonds is 7. The van der Waals surface area contributed by atoms with Crippen LogP contribution in [0.2, 0.25) is 5.02 Å². The van der Waals surface area contributed by atoms with Gasteiger partial charge in [0.1, 0.15) is 17.5 Å². The average molecular weight is 380 g/mol. The molecular formula is C17H18ClN3O5. The van der Waals surface area contributed by atoms with E-state index in [1.54, 1.807) is 32.2 Å². The highest BCUT2D eigenvalue weighted by atomic mass is 35.5. The number of nitrogens with one attached hydrogen (secondary N) is 2. The van der Waals surface area contributed by atoms with E-state index in [-0.39, 0.29) is 16.4 Å². The van der Waals surface area contributed by atoms with Crippen LogP contribution in [-0.2, 0) is 4.79 Å². The van der Waals surface area contributed by atoms with Crippen LogP contribution in [-0.4, -0.2) is 31.1 Å². The fourth-order valence-electron chi connectivity index (χ4n) is 2.18. The Labute approximate surface area is 155 Å². The van der Waals surface area contributed by atoms with Crippen molar-refractivity contribution in [1.82, 2.24) is 0 Å². The van der Waals surface area contributed by atoms with Crippen LogP contribution in [0.4, 0.5) is 17.1 Å². The van der Waals surface area contributed by atoms with Crippen molar-refractivity contribution in [3.63, 3.8) is 0 Å². The molecule has 0 saturated heterocycles. The molecule has 8 nitrogen and oxygen atoms in total. The van der Waals surface area contributed by atoms with Crippen molar-refractivity contribution in [2.24, 2.45) is 0 Å². The zero-order chi connectivity index (χ0) is 19.3. The monoisotopic (exact) mass is 379 g/mol. The standard InChI is InChI=1S/C17H18ClN3O5/c1-10(19-14-7-5-12(25-2)9-16(14)26-3)17(22)20-15-8-11(21(23)24)4-6-13(15)18/h4-10,19H,1-3H3,(H,20,22). The molecule has 1 amide bonds. The molecule has 0 radical (unpaired) electrons. The van der Waals surface area contributed by atoms with Crippen LogP contribution in [0.5, 0.6) is 11.5 Å². The van der Waals surface area contributed by atoms with Gasteiger partial charge >= 0.3 is 0 Å². The minimum Gasteiger partial charge on any atom is -0.497 e. The smallest absolute Gasteiger partial charge is 0.271 e. The first-order valence-electron chi connectivity index (χ1n) is 7.59. The number of hydrogen-bond acceptors (Lipinski definition) is 6. The van der Waals surface area contributed by atoms with Gasteiger partial charge in [0.25, 0.3) is 5.69 Å². The molecule has 0 spiro atoms. The minimum absolute atomic E-state index is 0.165. The second kappa shape index (κ2) is 8.39. The highest BCUT2D eigenvalue weighted by molar-refractivity contribution is 6.33. The summed E-state index contributed by atoms with van der Waals surface area (Å²) < 4.78 is 10.4. The molecule has 1 atom stereocenters. The third-order valence-corrected chi connectivity index (χ3v) is 3.92. The molecule has 2 aromatic carbocycles. The lowest BCUT2D eigenvalue weighted by Gasteiger charge is -2.18. The number of anilines is 2. The number of hydrogen-bond donors (Lipinski definition) is 2. The normalized spacial score (nSPS) is 11.4. The van der Waals surface area contributed by atoms with Gasteiger partial charge in [-0.3, -0.25) is 14.9 Å². The Morgan fingerprint density at radius 3 is 2.50 bits per heavy atom. The Morgan fingerprint density at radius 1 is 1.15 bits per heavy atom. The number of carbonyl (C=O) groups is 1.